The van der Waals surface area contributed by atoms with E-state index in [0.29, 0.717) is 5.54 Å². The van der Waals surface area contributed by atoms with Crippen LogP contribution < -0.4 is 0 Å². The Hall–Kier alpha value is 0.0370. The van der Waals surface area contributed by atoms with E-state index in [0.717, 1.165) is 19.3 Å². The van der Waals surface area contributed by atoms with Crippen molar-refractivity contribution in [2.24, 2.45) is 16.2 Å². The fourth-order valence-electron chi connectivity index (χ4n) is 6.18. The SMILES string of the molecule is C[SiH](C)C1CCCCCCCCC(C([NH-])=O)(C2=CC=CC2)C(C)(C)C1(C)C.[H-].[H-].[Hf]. The van der Waals surface area contributed by atoms with Gasteiger partial charge in [0.2, 0.25) is 0 Å². The Labute approximate surface area is 197 Å². The van der Waals surface area contributed by atoms with Crippen molar-refractivity contribution in [3.05, 3.63) is 29.5 Å². The number of hydrogen-bond donors (Lipinski definition) is 0. The molecular formula is C24H44HfNOSi-3. The Morgan fingerprint density at radius 3 is 2.14 bits per heavy atom. The molecule has 2 aliphatic carbocycles. The summed E-state index contributed by atoms with van der Waals surface area (Å²) >= 11 is 0. The normalized spacial score (nSPS) is 30.7. The van der Waals surface area contributed by atoms with Gasteiger partial charge in [0.25, 0.3) is 0 Å². The number of carbonyl (C=O) groups is 1. The first-order valence-corrected chi connectivity index (χ1v) is 14.2. The topological polar surface area (TPSA) is 40.9 Å². The molecule has 2 atom stereocenters. The Bertz CT molecular complexity index is 604. The van der Waals surface area contributed by atoms with Gasteiger partial charge in [-0.1, -0.05) is 110 Å². The Kier molecular flexibility index (Phi) is 9.66. The Morgan fingerprint density at radius 1 is 1.07 bits per heavy atom. The quantitative estimate of drug-likeness (QED) is 0.321. The first kappa shape index (κ1) is 26.1. The third-order valence-electron chi connectivity index (χ3n) is 8.43. The molecule has 162 valence electrons. The van der Waals surface area contributed by atoms with Gasteiger partial charge in [0, 0.05) is 40.1 Å². The molecule has 0 radical (unpaired) electrons. The van der Waals surface area contributed by atoms with Crippen LogP contribution in [-0.2, 0) is 30.6 Å². The van der Waals surface area contributed by atoms with Crippen molar-refractivity contribution in [1.29, 1.82) is 0 Å². The van der Waals surface area contributed by atoms with E-state index < -0.39 is 14.2 Å². The maximum atomic E-state index is 13.1. The molecular weight excluding hydrogens is 525 g/mol. The molecule has 0 heterocycles. The molecule has 0 spiro atoms. The maximum Gasteiger partial charge on any atom is 0.0597 e. The number of amides is 1. The van der Waals surface area contributed by atoms with E-state index in [1.165, 1.54) is 44.1 Å². The Balaban J connectivity index is 0. The maximum absolute atomic E-state index is 13.1. The van der Waals surface area contributed by atoms with E-state index in [-0.39, 0.29) is 45.4 Å². The minimum absolute atomic E-state index is 0. The van der Waals surface area contributed by atoms with E-state index >= 15 is 0 Å². The van der Waals surface area contributed by atoms with Crippen molar-refractivity contribution in [3.63, 3.8) is 0 Å². The second-order valence-corrected chi connectivity index (χ2v) is 13.7. The van der Waals surface area contributed by atoms with Crippen molar-refractivity contribution in [2.45, 2.75) is 104 Å². The van der Waals surface area contributed by atoms with Crippen LogP contribution in [0.25, 0.3) is 5.73 Å². The van der Waals surface area contributed by atoms with Crippen LogP contribution in [0.3, 0.4) is 0 Å². The molecule has 0 aromatic rings. The summed E-state index contributed by atoms with van der Waals surface area (Å²) in [5, 5.41) is 0. The average Bonchev–Trinajstić information content (AvgIpc) is 3.09. The summed E-state index contributed by atoms with van der Waals surface area (Å²) in [5.41, 5.74) is 9.52. The second-order valence-electron chi connectivity index (χ2n) is 10.4. The molecule has 0 aliphatic heterocycles. The predicted molar refractivity (Wildman–Crippen MR) is 123 cm³/mol. The van der Waals surface area contributed by atoms with Crippen LogP contribution in [0.2, 0.25) is 18.6 Å². The molecule has 2 nitrogen and oxygen atoms in total. The molecule has 2 aliphatic rings. The van der Waals surface area contributed by atoms with Gasteiger partial charge in [-0.05, 0) is 29.2 Å². The van der Waals surface area contributed by atoms with E-state index in [1.807, 2.05) is 0 Å². The molecule has 1 saturated carbocycles. The van der Waals surface area contributed by atoms with Gasteiger partial charge in [-0.25, -0.2) is 0 Å². The molecule has 1 N–H and O–H groups in total. The summed E-state index contributed by atoms with van der Waals surface area (Å²) in [5.74, 6) is -0.350. The van der Waals surface area contributed by atoms with Crippen LogP contribution in [-0.4, -0.2) is 14.7 Å². The van der Waals surface area contributed by atoms with Gasteiger partial charge in [-0.2, -0.15) is 0 Å². The van der Waals surface area contributed by atoms with Gasteiger partial charge in [0.15, 0.2) is 0 Å². The van der Waals surface area contributed by atoms with Crippen LogP contribution in [0.15, 0.2) is 23.8 Å². The van der Waals surface area contributed by atoms with Gasteiger partial charge in [0.05, 0.1) is 5.91 Å². The summed E-state index contributed by atoms with van der Waals surface area (Å²) in [6.45, 7) is 14.4. The summed E-state index contributed by atoms with van der Waals surface area (Å²) in [7, 11) is -0.899. The van der Waals surface area contributed by atoms with Crippen molar-refractivity contribution >= 4 is 14.7 Å². The molecule has 0 aromatic heterocycles. The minimum atomic E-state index is -0.899. The minimum Gasteiger partial charge on any atom is -1.00 e. The van der Waals surface area contributed by atoms with Crippen LogP contribution >= 0.6 is 0 Å². The van der Waals surface area contributed by atoms with Gasteiger partial charge in [-0.15, -0.1) is 0 Å². The molecule has 1 amide bonds. The zero-order valence-corrected chi connectivity index (χ0v) is 23.9. The first-order chi connectivity index (χ1) is 12.6. The standard InChI is InChI=1S/C24H43NOSi.Hf.2H/c1-22(2)20(27(5)6)17-11-9-7-8-10-14-18-24(21(25)26,23(22,3)4)19-15-12-13-16-19;;;/h12-13,15,20,27H,7-11,14,16-18H2,1-6H3,(H2,25,26);;;/q;;2*-1/p-1. The van der Waals surface area contributed by atoms with Crippen LogP contribution in [0.4, 0.5) is 0 Å². The van der Waals surface area contributed by atoms with Crippen LogP contribution in [0.5, 0.6) is 0 Å². The summed E-state index contributed by atoms with van der Waals surface area (Å²) in [6.07, 6.45) is 16.9. The number of rotatable bonds is 3. The zero-order chi connectivity index (χ0) is 20.3. The van der Waals surface area contributed by atoms with E-state index in [9.17, 15) is 4.79 Å². The predicted octanol–water partition coefficient (Wildman–Crippen LogP) is 7.70. The summed E-state index contributed by atoms with van der Waals surface area (Å²) < 4.78 is 0. The molecule has 0 bridgehead atoms. The van der Waals surface area contributed by atoms with E-state index in [2.05, 4.69) is 59.0 Å². The molecule has 0 aromatic carbocycles. The van der Waals surface area contributed by atoms with E-state index in [4.69, 9.17) is 5.73 Å². The largest absolute Gasteiger partial charge is 1.00 e. The molecule has 2 rings (SSSR count). The average molecular weight is 569 g/mol. The first-order valence-electron chi connectivity index (χ1n) is 11.2. The monoisotopic (exact) mass is 570 g/mol. The number of carbonyl (C=O) groups excluding carboxylic acids is 1. The zero-order valence-electron chi connectivity index (χ0n) is 21.2. The van der Waals surface area contributed by atoms with Gasteiger partial charge < -0.3 is 13.4 Å². The van der Waals surface area contributed by atoms with Crippen molar-refractivity contribution in [2.75, 3.05) is 0 Å². The summed E-state index contributed by atoms with van der Waals surface area (Å²) in [4.78, 5) is 13.1. The van der Waals surface area contributed by atoms with Crippen molar-refractivity contribution in [1.82, 2.24) is 0 Å². The van der Waals surface area contributed by atoms with Crippen LogP contribution in [0.1, 0.15) is 88.3 Å². The van der Waals surface area contributed by atoms with Gasteiger partial charge in [-0.3, -0.25) is 0 Å². The fourth-order valence-corrected chi connectivity index (χ4v) is 9.17. The third-order valence-corrected chi connectivity index (χ3v) is 11.2. The molecule has 4 heteroatoms. The Morgan fingerprint density at radius 2 is 1.64 bits per heavy atom. The molecule has 0 saturated heterocycles. The molecule has 1 fully saturated rings. The van der Waals surface area contributed by atoms with Crippen LogP contribution in [0, 0.1) is 16.2 Å². The second kappa shape index (κ2) is 10.4. The third kappa shape index (κ3) is 4.68. The van der Waals surface area contributed by atoms with Crippen molar-refractivity contribution in [3.8, 4) is 0 Å². The van der Waals surface area contributed by atoms with Crippen molar-refractivity contribution < 1.29 is 33.5 Å². The molecule has 2 unspecified atom stereocenters. The number of hydrogen-bond acceptors (Lipinski definition) is 1. The molecule has 28 heavy (non-hydrogen) atoms. The summed E-state index contributed by atoms with van der Waals surface area (Å²) in [6, 6.07) is 0. The number of nitrogens with one attached hydrogen (secondary N) is 1. The van der Waals surface area contributed by atoms with Gasteiger partial charge >= 0.3 is 0 Å². The van der Waals surface area contributed by atoms with Gasteiger partial charge in [0.1, 0.15) is 0 Å². The van der Waals surface area contributed by atoms with E-state index in [1.54, 1.807) is 0 Å². The fraction of sp³-hybridized carbons (Fsp3) is 0.792. The number of allylic oxidation sites excluding steroid dienone is 3. The smallest absolute Gasteiger partial charge is 0.0597 e.